The maximum Gasteiger partial charge on any atom is 0.216 e. The zero-order valence-electron chi connectivity index (χ0n) is 6.95. The standard InChI is InChI=1S/C6H9INO3P3/c7-11-10-3-2(9)4(12)1(8)5(13)6(3)14/h9H,8,12-14H2. The van der Waals surface area contributed by atoms with Crippen molar-refractivity contribution in [2.75, 3.05) is 5.73 Å². The molecule has 14 heavy (non-hydrogen) atoms. The van der Waals surface area contributed by atoms with Crippen molar-refractivity contribution in [2.45, 2.75) is 0 Å². The summed E-state index contributed by atoms with van der Waals surface area (Å²) in [5.41, 5.74) is 6.22. The van der Waals surface area contributed by atoms with Crippen molar-refractivity contribution < 1.29 is 13.2 Å². The maximum atomic E-state index is 9.68. The highest BCUT2D eigenvalue weighted by atomic mass is 127. The van der Waals surface area contributed by atoms with Crippen molar-refractivity contribution in [3.63, 3.8) is 0 Å². The monoisotopic (exact) mass is 363 g/mol. The van der Waals surface area contributed by atoms with E-state index in [0.29, 0.717) is 16.3 Å². The van der Waals surface area contributed by atoms with Crippen molar-refractivity contribution in [2.24, 2.45) is 0 Å². The van der Waals surface area contributed by atoms with E-state index in [-0.39, 0.29) is 11.5 Å². The van der Waals surface area contributed by atoms with Crippen LogP contribution in [0.1, 0.15) is 0 Å². The van der Waals surface area contributed by atoms with Crippen LogP contribution < -0.4 is 26.5 Å². The molecule has 3 N–H and O–H groups in total. The van der Waals surface area contributed by atoms with E-state index in [4.69, 9.17) is 10.6 Å². The van der Waals surface area contributed by atoms with Gasteiger partial charge in [0.05, 0.1) is 5.69 Å². The number of nitrogen functional groups attached to an aromatic ring is 1. The molecule has 0 spiro atoms. The smallest absolute Gasteiger partial charge is 0.216 e. The summed E-state index contributed by atoms with van der Waals surface area (Å²) in [5, 5.41) is 11.6. The van der Waals surface area contributed by atoms with Gasteiger partial charge < -0.3 is 15.7 Å². The molecular formula is C6H9INO3P3. The lowest BCUT2D eigenvalue weighted by atomic mass is 10.2. The Bertz CT molecular complexity index is 345. The Kier molecular flexibility index (Phi) is 4.60. The fourth-order valence-corrected chi connectivity index (χ4v) is 2.17. The molecule has 0 fully saturated rings. The van der Waals surface area contributed by atoms with Crippen LogP contribution in [0.2, 0.25) is 0 Å². The lowest BCUT2D eigenvalue weighted by Crippen LogP contribution is -2.24. The molecule has 1 aromatic carbocycles. The minimum atomic E-state index is -0.0413. The van der Waals surface area contributed by atoms with Crippen LogP contribution in [-0.2, 0) is 3.22 Å². The summed E-state index contributed by atoms with van der Waals surface area (Å²) in [4.78, 5) is 4.82. The van der Waals surface area contributed by atoms with Gasteiger partial charge in [0.2, 0.25) is 5.75 Å². The molecule has 0 bridgehead atoms. The molecular weight excluding hydrogens is 354 g/mol. The van der Waals surface area contributed by atoms with Crippen LogP contribution in [0.4, 0.5) is 5.69 Å². The van der Waals surface area contributed by atoms with Gasteiger partial charge in [-0.05, 0) is 0 Å². The fourth-order valence-electron chi connectivity index (χ4n) is 0.906. The van der Waals surface area contributed by atoms with Crippen LogP contribution in [0.5, 0.6) is 11.5 Å². The van der Waals surface area contributed by atoms with E-state index in [9.17, 15) is 5.11 Å². The van der Waals surface area contributed by atoms with Gasteiger partial charge in [0.1, 0.15) is 0 Å². The van der Waals surface area contributed by atoms with Gasteiger partial charge in [-0.2, -0.15) is 0 Å². The van der Waals surface area contributed by atoms with Gasteiger partial charge in [-0.3, -0.25) is 0 Å². The summed E-state index contributed by atoms with van der Waals surface area (Å²) in [6, 6.07) is 0. The first-order valence-electron chi connectivity index (χ1n) is 3.40. The lowest BCUT2D eigenvalue weighted by Gasteiger charge is -2.13. The molecule has 8 heteroatoms. The molecule has 3 unspecified atom stereocenters. The van der Waals surface area contributed by atoms with E-state index in [2.05, 4.69) is 30.9 Å². The second-order valence-electron chi connectivity index (χ2n) is 2.48. The van der Waals surface area contributed by atoms with E-state index in [1.54, 1.807) is 23.0 Å². The van der Waals surface area contributed by atoms with Gasteiger partial charge in [-0.15, -0.1) is 21.7 Å². The summed E-state index contributed by atoms with van der Waals surface area (Å²) in [6.45, 7) is 0. The normalized spacial score (nSPS) is 10.3. The van der Waals surface area contributed by atoms with Gasteiger partial charge in [0, 0.05) is 15.9 Å². The molecule has 0 radical (unpaired) electrons. The molecule has 0 aromatic heterocycles. The van der Waals surface area contributed by atoms with Crippen LogP contribution >= 0.6 is 50.7 Å². The van der Waals surface area contributed by atoms with E-state index < -0.39 is 0 Å². The lowest BCUT2D eigenvalue weighted by molar-refractivity contribution is -0.0478. The maximum absolute atomic E-state index is 9.68. The fraction of sp³-hybridized carbons (Fsp3) is 0. The van der Waals surface area contributed by atoms with Crippen LogP contribution in [0, 0.1) is 0 Å². The van der Waals surface area contributed by atoms with Crippen molar-refractivity contribution in [3.8, 4) is 11.5 Å². The van der Waals surface area contributed by atoms with Gasteiger partial charge in [-0.25, -0.2) is 0 Å². The zero-order valence-corrected chi connectivity index (χ0v) is 12.6. The number of anilines is 1. The number of aromatic hydroxyl groups is 1. The third-order valence-electron chi connectivity index (χ3n) is 1.70. The average molecular weight is 363 g/mol. The first-order valence-corrected chi connectivity index (χ1v) is 6.02. The van der Waals surface area contributed by atoms with Gasteiger partial charge in [0.25, 0.3) is 0 Å². The first-order chi connectivity index (χ1) is 6.50. The second-order valence-corrected chi connectivity index (χ2v) is 4.57. The second kappa shape index (κ2) is 5.09. The predicted molar refractivity (Wildman–Crippen MR) is 76.3 cm³/mol. The number of halogens is 1. The van der Waals surface area contributed by atoms with Crippen molar-refractivity contribution in [3.05, 3.63) is 0 Å². The summed E-state index contributed by atoms with van der Waals surface area (Å²) >= 11 is 1.57. The summed E-state index contributed by atoms with van der Waals surface area (Å²) < 4.78 is 4.48. The first kappa shape index (κ1) is 12.7. The minimum Gasteiger partial charge on any atom is -0.504 e. The Morgan fingerprint density at radius 1 is 1.14 bits per heavy atom. The Morgan fingerprint density at radius 2 is 1.71 bits per heavy atom. The molecule has 1 aromatic rings. The minimum absolute atomic E-state index is 0.0413. The number of nitrogens with two attached hydrogens (primary N) is 1. The molecule has 1 rings (SSSR count). The highest BCUT2D eigenvalue weighted by Crippen LogP contribution is 2.28. The van der Waals surface area contributed by atoms with Crippen molar-refractivity contribution in [1.82, 2.24) is 0 Å². The quantitative estimate of drug-likeness (QED) is 0.258. The Balaban J connectivity index is 3.43. The van der Waals surface area contributed by atoms with Crippen LogP contribution in [0.15, 0.2) is 0 Å². The van der Waals surface area contributed by atoms with Crippen LogP contribution in [0.3, 0.4) is 0 Å². The number of rotatable bonds is 2. The topological polar surface area (TPSA) is 64.7 Å². The summed E-state index contributed by atoms with van der Waals surface area (Å²) in [6.07, 6.45) is 0. The van der Waals surface area contributed by atoms with Gasteiger partial charge in [0.15, 0.2) is 28.8 Å². The zero-order chi connectivity index (χ0) is 10.9. The van der Waals surface area contributed by atoms with Gasteiger partial charge >= 0.3 is 0 Å². The number of phenols is 1. The third-order valence-corrected chi connectivity index (χ3v) is 3.99. The molecule has 0 amide bonds. The van der Waals surface area contributed by atoms with Crippen LogP contribution in [-0.4, -0.2) is 5.11 Å². The molecule has 0 aliphatic rings. The molecule has 0 aliphatic carbocycles. The molecule has 0 saturated carbocycles. The number of benzene rings is 1. The average Bonchev–Trinajstić information content (AvgIpc) is 2.19. The molecule has 3 atom stereocenters. The number of hydrogen-bond donors (Lipinski definition) is 2. The van der Waals surface area contributed by atoms with E-state index >= 15 is 0 Å². The van der Waals surface area contributed by atoms with Crippen LogP contribution in [0.25, 0.3) is 0 Å². The molecule has 0 saturated heterocycles. The molecule has 0 aliphatic heterocycles. The van der Waals surface area contributed by atoms with Gasteiger partial charge in [-0.1, -0.05) is 9.24 Å². The third kappa shape index (κ3) is 2.23. The van der Waals surface area contributed by atoms with Crippen molar-refractivity contribution >= 4 is 72.3 Å². The van der Waals surface area contributed by atoms with E-state index in [0.717, 1.165) is 5.30 Å². The SMILES string of the molecule is Nc1c(P)c(O)c(OOI)c(P)c1P. The molecule has 4 nitrogen and oxygen atoms in total. The highest BCUT2D eigenvalue weighted by molar-refractivity contribution is 14.1. The number of hydrogen-bond acceptors (Lipinski definition) is 4. The predicted octanol–water partition coefficient (Wildman–Crippen LogP) is 0.136. The Labute approximate surface area is 103 Å². The molecule has 78 valence electrons. The number of phenolic OH excluding ortho intramolecular Hbond substituents is 1. The summed E-state index contributed by atoms with van der Waals surface area (Å²) in [7, 11) is 7.26. The van der Waals surface area contributed by atoms with Crippen molar-refractivity contribution in [1.29, 1.82) is 0 Å². The molecule has 0 heterocycles. The van der Waals surface area contributed by atoms with E-state index in [1.807, 2.05) is 0 Å². The largest absolute Gasteiger partial charge is 0.504 e. The highest BCUT2D eigenvalue weighted by Gasteiger charge is 2.17. The Hall–Kier alpha value is 0.600. The van der Waals surface area contributed by atoms with E-state index in [1.165, 1.54) is 0 Å². The summed E-state index contributed by atoms with van der Waals surface area (Å²) in [5.74, 6) is 0.203. The Morgan fingerprint density at radius 3 is 2.21 bits per heavy atom.